The van der Waals surface area contributed by atoms with Gasteiger partial charge in [0, 0.05) is 23.9 Å². The third-order valence-electron chi connectivity index (χ3n) is 2.16. The number of anilines is 3. The molecule has 0 aliphatic heterocycles. The topological polar surface area (TPSA) is 119 Å². The summed E-state index contributed by atoms with van der Waals surface area (Å²) in [5.74, 6) is 1.11. The molecule has 0 saturated carbocycles. The lowest BCUT2D eigenvalue weighted by Crippen LogP contribution is -2.06. The zero-order valence-electron chi connectivity index (χ0n) is 8.86. The van der Waals surface area contributed by atoms with Crippen LogP contribution in [0.3, 0.4) is 0 Å². The predicted molar refractivity (Wildman–Crippen MR) is 61.5 cm³/mol. The number of H-pyrrole nitrogens is 1. The summed E-state index contributed by atoms with van der Waals surface area (Å²) in [7, 11) is 0. The van der Waals surface area contributed by atoms with Crippen LogP contribution < -0.4 is 16.8 Å². The summed E-state index contributed by atoms with van der Waals surface area (Å²) in [6.07, 6.45) is 1.76. The Labute approximate surface area is 92.3 Å². The summed E-state index contributed by atoms with van der Waals surface area (Å²) < 4.78 is 0. The van der Waals surface area contributed by atoms with E-state index >= 15 is 0 Å². The summed E-state index contributed by atoms with van der Waals surface area (Å²) in [6, 6.07) is 1.63. The number of nitrogens with one attached hydrogen (secondary N) is 2. The highest BCUT2D eigenvalue weighted by Gasteiger charge is 2.02. The summed E-state index contributed by atoms with van der Waals surface area (Å²) in [6.45, 7) is 2.56. The molecule has 0 unspecified atom stereocenters. The SMILES string of the molecule is Cc1[nH]ncc1CNc1cc(N)nc(N)n1. The van der Waals surface area contributed by atoms with Crippen LogP contribution >= 0.6 is 0 Å². The maximum Gasteiger partial charge on any atom is 0.223 e. The Morgan fingerprint density at radius 1 is 1.38 bits per heavy atom. The summed E-state index contributed by atoms with van der Waals surface area (Å²) in [5.41, 5.74) is 13.1. The standard InChI is InChI=1S/C9H13N7/c1-5-6(4-13-16-5)3-12-8-2-7(10)14-9(11)15-8/h2,4H,3H2,1H3,(H,13,16)(H5,10,11,12,14,15). The fraction of sp³-hybridized carbons (Fsp3) is 0.222. The molecule has 0 aromatic carbocycles. The number of rotatable bonds is 3. The Morgan fingerprint density at radius 3 is 2.81 bits per heavy atom. The van der Waals surface area contributed by atoms with Crippen LogP contribution in [-0.2, 0) is 6.54 Å². The molecule has 16 heavy (non-hydrogen) atoms. The van der Waals surface area contributed by atoms with Gasteiger partial charge in [-0.25, -0.2) is 0 Å². The van der Waals surface area contributed by atoms with Crippen molar-refractivity contribution in [3.05, 3.63) is 23.5 Å². The van der Waals surface area contributed by atoms with Crippen molar-refractivity contribution in [1.82, 2.24) is 20.2 Å². The molecule has 2 heterocycles. The maximum absolute atomic E-state index is 5.55. The van der Waals surface area contributed by atoms with Gasteiger partial charge in [-0.1, -0.05) is 0 Å². The minimum absolute atomic E-state index is 0.159. The van der Waals surface area contributed by atoms with Gasteiger partial charge in [0.2, 0.25) is 5.95 Å². The molecule has 0 radical (unpaired) electrons. The Balaban J connectivity index is 2.07. The van der Waals surface area contributed by atoms with E-state index in [0.29, 0.717) is 18.2 Å². The smallest absolute Gasteiger partial charge is 0.223 e. The second-order valence-corrected chi connectivity index (χ2v) is 3.41. The molecule has 2 rings (SSSR count). The Morgan fingerprint density at radius 2 is 2.19 bits per heavy atom. The van der Waals surface area contributed by atoms with Crippen LogP contribution in [0.15, 0.2) is 12.3 Å². The van der Waals surface area contributed by atoms with Crippen molar-refractivity contribution < 1.29 is 0 Å². The second-order valence-electron chi connectivity index (χ2n) is 3.41. The van der Waals surface area contributed by atoms with E-state index in [1.807, 2.05) is 6.92 Å². The van der Waals surface area contributed by atoms with Crippen molar-refractivity contribution in [1.29, 1.82) is 0 Å². The Hall–Kier alpha value is -2.31. The number of aryl methyl sites for hydroxylation is 1. The third-order valence-corrected chi connectivity index (χ3v) is 2.16. The lowest BCUT2D eigenvalue weighted by atomic mass is 10.2. The van der Waals surface area contributed by atoms with Crippen LogP contribution in [0.2, 0.25) is 0 Å². The first-order valence-corrected chi connectivity index (χ1v) is 4.78. The molecule has 0 amide bonds. The average Bonchev–Trinajstić information content (AvgIpc) is 2.59. The number of hydrogen-bond donors (Lipinski definition) is 4. The quantitative estimate of drug-likeness (QED) is 0.589. The van der Waals surface area contributed by atoms with Crippen LogP contribution in [0.5, 0.6) is 0 Å². The molecule has 0 spiro atoms. The first kappa shape index (κ1) is 10.2. The number of nitrogens with two attached hydrogens (primary N) is 2. The third kappa shape index (κ3) is 2.19. The zero-order valence-corrected chi connectivity index (χ0v) is 8.86. The van der Waals surface area contributed by atoms with Crippen LogP contribution in [0.1, 0.15) is 11.3 Å². The number of nitrogen functional groups attached to an aromatic ring is 2. The van der Waals surface area contributed by atoms with Crippen molar-refractivity contribution in [2.24, 2.45) is 0 Å². The van der Waals surface area contributed by atoms with E-state index in [4.69, 9.17) is 11.5 Å². The van der Waals surface area contributed by atoms with Gasteiger partial charge in [-0.3, -0.25) is 5.10 Å². The van der Waals surface area contributed by atoms with Crippen LogP contribution in [0, 0.1) is 6.92 Å². The molecule has 84 valence electrons. The fourth-order valence-electron chi connectivity index (χ4n) is 1.32. The van der Waals surface area contributed by atoms with Crippen molar-refractivity contribution in [2.45, 2.75) is 13.5 Å². The van der Waals surface area contributed by atoms with E-state index in [1.165, 1.54) is 0 Å². The van der Waals surface area contributed by atoms with Crippen LogP contribution in [0.25, 0.3) is 0 Å². The summed E-state index contributed by atoms with van der Waals surface area (Å²) in [4.78, 5) is 7.79. The molecule has 0 fully saturated rings. The minimum atomic E-state index is 0.159. The molecule has 0 saturated heterocycles. The molecule has 7 heteroatoms. The van der Waals surface area contributed by atoms with E-state index in [9.17, 15) is 0 Å². The molecule has 2 aromatic rings. The van der Waals surface area contributed by atoms with E-state index in [2.05, 4.69) is 25.5 Å². The summed E-state index contributed by atoms with van der Waals surface area (Å²) in [5, 5.41) is 9.88. The molecule has 2 aromatic heterocycles. The van der Waals surface area contributed by atoms with Gasteiger partial charge in [0.25, 0.3) is 0 Å². The molecule has 0 aliphatic carbocycles. The van der Waals surface area contributed by atoms with Crippen LogP contribution in [-0.4, -0.2) is 20.2 Å². The van der Waals surface area contributed by atoms with E-state index in [1.54, 1.807) is 12.3 Å². The highest BCUT2D eigenvalue weighted by molar-refractivity contribution is 5.48. The van der Waals surface area contributed by atoms with E-state index in [0.717, 1.165) is 11.3 Å². The fourth-order valence-corrected chi connectivity index (χ4v) is 1.32. The van der Waals surface area contributed by atoms with Gasteiger partial charge in [0.15, 0.2) is 0 Å². The summed E-state index contributed by atoms with van der Waals surface area (Å²) >= 11 is 0. The largest absolute Gasteiger partial charge is 0.383 e. The van der Waals surface area contributed by atoms with Gasteiger partial charge in [-0.2, -0.15) is 15.1 Å². The number of nitrogens with zero attached hydrogens (tertiary/aromatic N) is 3. The lowest BCUT2D eigenvalue weighted by molar-refractivity contribution is 1.04. The monoisotopic (exact) mass is 219 g/mol. The predicted octanol–water partition coefficient (Wildman–Crippen LogP) is 0.285. The molecule has 7 nitrogen and oxygen atoms in total. The number of hydrogen-bond acceptors (Lipinski definition) is 6. The Bertz CT molecular complexity index is 470. The Kier molecular flexibility index (Phi) is 2.59. The van der Waals surface area contributed by atoms with Crippen molar-refractivity contribution in [3.63, 3.8) is 0 Å². The highest BCUT2D eigenvalue weighted by atomic mass is 15.1. The lowest BCUT2D eigenvalue weighted by Gasteiger charge is -2.05. The molecule has 0 aliphatic rings. The van der Waals surface area contributed by atoms with Gasteiger partial charge in [-0.05, 0) is 6.92 Å². The number of aromatic amines is 1. The maximum atomic E-state index is 5.55. The van der Waals surface area contributed by atoms with Gasteiger partial charge in [0.05, 0.1) is 6.20 Å². The van der Waals surface area contributed by atoms with Gasteiger partial charge < -0.3 is 16.8 Å². The van der Waals surface area contributed by atoms with Gasteiger partial charge in [0.1, 0.15) is 11.6 Å². The molecular weight excluding hydrogens is 206 g/mol. The zero-order chi connectivity index (χ0) is 11.5. The van der Waals surface area contributed by atoms with Crippen molar-refractivity contribution in [2.75, 3.05) is 16.8 Å². The van der Waals surface area contributed by atoms with Gasteiger partial charge in [-0.15, -0.1) is 0 Å². The first-order valence-electron chi connectivity index (χ1n) is 4.78. The van der Waals surface area contributed by atoms with Crippen molar-refractivity contribution in [3.8, 4) is 0 Å². The van der Waals surface area contributed by atoms with Crippen LogP contribution in [0.4, 0.5) is 17.6 Å². The normalized spacial score (nSPS) is 10.3. The van der Waals surface area contributed by atoms with E-state index < -0.39 is 0 Å². The highest BCUT2D eigenvalue weighted by Crippen LogP contribution is 2.11. The molecule has 6 N–H and O–H groups in total. The van der Waals surface area contributed by atoms with E-state index in [-0.39, 0.29) is 5.95 Å². The minimum Gasteiger partial charge on any atom is -0.383 e. The second kappa shape index (κ2) is 4.05. The molecule has 0 bridgehead atoms. The number of aromatic nitrogens is 4. The van der Waals surface area contributed by atoms with Crippen molar-refractivity contribution >= 4 is 17.6 Å². The molecule has 0 atom stereocenters. The molecular formula is C9H13N7. The average molecular weight is 219 g/mol. The first-order chi connectivity index (χ1) is 7.65. The van der Waals surface area contributed by atoms with Gasteiger partial charge >= 0.3 is 0 Å².